The lowest BCUT2D eigenvalue weighted by Gasteiger charge is -2.20. The van der Waals surface area contributed by atoms with Crippen LogP contribution >= 0.6 is 15.6 Å². The lowest BCUT2D eigenvalue weighted by atomic mass is 9.99. The molecule has 0 aliphatic carbocycles. The van der Waals surface area contributed by atoms with Gasteiger partial charge in [0.05, 0.1) is 25.9 Å². The normalized spacial score (nSPS) is 15.1. The van der Waals surface area contributed by atoms with Gasteiger partial charge in [0.2, 0.25) is 0 Å². The fourth-order valence-corrected chi connectivity index (χ4v) is 8.11. The van der Waals surface area contributed by atoms with Crippen LogP contribution in [0.3, 0.4) is 0 Å². The summed E-state index contributed by atoms with van der Waals surface area (Å²) in [6, 6.07) is 0. The lowest BCUT2D eigenvalue weighted by Crippen LogP contribution is -2.30. The number of rotatable bonds is 47. The monoisotopic (exact) mass is 967 g/mol. The van der Waals surface area contributed by atoms with E-state index in [1.807, 2.05) is 24.3 Å². The summed E-state index contributed by atoms with van der Waals surface area (Å²) in [5.74, 6) is -0.195. The van der Waals surface area contributed by atoms with Crippen LogP contribution in [-0.4, -0.2) is 81.6 Å². The maximum atomic E-state index is 12.7. The highest BCUT2D eigenvalue weighted by molar-refractivity contribution is 7.47. The van der Waals surface area contributed by atoms with Crippen LogP contribution in [0.1, 0.15) is 213 Å². The maximum Gasteiger partial charge on any atom is 0.472 e. The number of ether oxygens (including phenoxy) is 2. The van der Waals surface area contributed by atoms with Gasteiger partial charge in [-0.25, -0.2) is 9.13 Å². The summed E-state index contributed by atoms with van der Waals surface area (Å²) in [7, 11) is -9.70. The molecule has 0 saturated heterocycles. The number of hydrogen-bond donors (Lipinski definition) is 5. The average molecular weight is 967 g/mol. The zero-order chi connectivity index (χ0) is 48.3. The van der Waals surface area contributed by atoms with Crippen molar-refractivity contribution in [3.8, 4) is 0 Å². The van der Waals surface area contributed by atoms with Gasteiger partial charge in [0.25, 0.3) is 0 Å². The van der Waals surface area contributed by atoms with Gasteiger partial charge in [-0.1, -0.05) is 198 Å². The third kappa shape index (κ3) is 47.2. The Bertz CT molecular complexity index is 1320. The largest absolute Gasteiger partial charge is 0.472 e. The number of aliphatic hydroxyl groups excluding tert-OH is 2. The summed E-state index contributed by atoms with van der Waals surface area (Å²) in [5.41, 5.74) is 0. The first-order chi connectivity index (χ1) is 31.2. The van der Waals surface area contributed by atoms with Crippen LogP contribution in [0.15, 0.2) is 36.5 Å². The Morgan fingerprint density at radius 1 is 0.554 bits per heavy atom. The van der Waals surface area contributed by atoms with Gasteiger partial charge >= 0.3 is 27.6 Å². The van der Waals surface area contributed by atoms with Crippen LogP contribution in [0, 0.1) is 5.92 Å². The van der Waals surface area contributed by atoms with Gasteiger partial charge in [0.1, 0.15) is 12.7 Å². The summed E-state index contributed by atoms with van der Waals surface area (Å²) in [5, 5.41) is 19.7. The van der Waals surface area contributed by atoms with E-state index < -0.39 is 72.3 Å². The number of carbonyl (C=O) groups is 2. The van der Waals surface area contributed by atoms with E-state index in [0.717, 1.165) is 63.7 Å². The summed E-state index contributed by atoms with van der Waals surface area (Å²) >= 11 is 0. The minimum Gasteiger partial charge on any atom is -0.462 e. The molecular formula is C49H92O14P2. The highest BCUT2D eigenvalue weighted by Crippen LogP contribution is 2.44. The fraction of sp³-hybridized carbons (Fsp3) is 0.837. The van der Waals surface area contributed by atoms with Crippen molar-refractivity contribution >= 4 is 27.6 Å². The minimum atomic E-state index is -4.87. The second kappa shape index (κ2) is 43.6. The van der Waals surface area contributed by atoms with E-state index in [1.54, 1.807) is 6.08 Å². The van der Waals surface area contributed by atoms with Crippen molar-refractivity contribution in [2.24, 2.45) is 5.92 Å². The number of phosphoric ester groups is 2. The predicted octanol–water partition coefficient (Wildman–Crippen LogP) is 12.5. The molecule has 0 aromatic rings. The highest BCUT2D eigenvalue weighted by atomic mass is 31.2. The van der Waals surface area contributed by atoms with Crippen molar-refractivity contribution in [3.05, 3.63) is 36.5 Å². The molecule has 0 amide bonds. The summed E-state index contributed by atoms with van der Waals surface area (Å²) in [6.07, 6.45) is 40.3. The van der Waals surface area contributed by atoms with Gasteiger partial charge in [-0.05, 0) is 44.4 Å². The molecule has 5 N–H and O–H groups in total. The van der Waals surface area contributed by atoms with Gasteiger partial charge < -0.3 is 34.4 Å². The van der Waals surface area contributed by atoms with E-state index in [9.17, 15) is 33.8 Å². The molecule has 0 radical (unpaired) electrons. The quantitative estimate of drug-likeness (QED) is 0.0126. The Hall–Kier alpha value is -1.70. The van der Waals surface area contributed by atoms with Crippen LogP contribution in [0.4, 0.5) is 0 Å². The molecule has 14 nitrogen and oxygen atoms in total. The summed E-state index contributed by atoms with van der Waals surface area (Å²) in [4.78, 5) is 52.9. The minimum absolute atomic E-state index is 0.0863. The number of hydrogen-bond acceptors (Lipinski definition) is 11. The molecule has 0 saturated carbocycles. The molecule has 0 bridgehead atoms. The lowest BCUT2D eigenvalue weighted by molar-refractivity contribution is -0.161. The van der Waals surface area contributed by atoms with Gasteiger partial charge in [-0.2, -0.15) is 0 Å². The molecule has 0 fully saturated rings. The number of unbranched alkanes of at least 4 members (excludes halogenated alkanes) is 22. The second-order valence-corrected chi connectivity index (χ2v) is 20.2. The predicted molar refractivity (Wildman–Crippen MR) is 259 cm³/mol. The second-order valence-electron chi connectivity index (χ2n) is 17.5. The van der Waals surface area contributed by atoms with E-state index in [0.29, 0.717) is 19.3 Å². The molecule has 16 heteroatoms. The molecule has 3 unspecified atom stereocenters. The fourth-order valence-electron chi connectivity index (χ4n) is 6.95. The van der Waals surface area contributed by atoms with Crippen molar-refractivity contribution in [1.82, 2.24) is 0 Å². The Balaban J connectivity index is 4.41. The topological polar surface area (TPSA) is 216 Å². The van der Waals surface area contributed by atoms with Crippen molar-refractivity contribution in [2.45, 2.75) is 232 Å². The third-order valence-electron chi connectivity index (χ3n) is 11.2. The SMILES string of the molecule is CC/C=C/CC(O)/C=C/C=C/CCCCCCCC(=O)O[C@H](COC(=O)CCCCCCCCCCCCCCCCCCCCC(C)CC)COP(=O)(O)OC[C@@H](O)COP(=O)(O)O. The molecule has 65 heavy (non-hydrogen) atoms. The van der Waals surface area contributed by atoms with Gasteiger partial charge in [-0.15, -0.1) is 0 Å². The molecule has 0 spiro atoms. The van der Waals surface area contributed by atoms with Crippen molar-refractivity contribution < 1.29 is 66.7 Å². The number of esters is 2. The van der Waals surface area contributed by atoms with Crippen LogP contribution in [0.5, 0.6) is 0 Å². The van der Waals surface area contributed by atoms with E-state index in [4.69, 9.17) is 28.3 Å². The van der Waals surface area contributed by atoms with Crippen LogP contribution in [0.2, 0.25) is 0 Å². The van der Waals surface area contributed by atoms with Crippen molar-refractivity contribution in [3.63, 3.8) is 0 Å². The zero-order valence-corrected chi connectivity index (χ0v) is 42.4. The van der Waals surface area contributed by atoms with Crippen molar-refractivity contribution in [1.29, 1.82) is 0 Å². The van der Waals surface area contributed by atoms with E-state index in [2.05, 4.69) is 31.4 Å². The molecule has 0 aliphatic heterocycles. The van der Waals surface area contributed by atoms with E-state index in [-0.39, 0.29) is 12.8 Å². The average Bonchev–Trinajstić information content (AvgIpc) is 3.26. The van der Waals surface area contributed by atoms with Crippen LogP contribution in [-0.2, 0) is 41.8 Å². The molecule has 5 atom stereocenters. The van der Waals surface area contributed by atoms with Gasteiger partial charge in [-0.3, -0.25) is 23.2 Å². The highest BCUT2D eigenvalue weighted by Gasteiger charge is 2.28. The molecule has 0 aliphatic rings. The number of phosphoric acid groups is 2. The molecule has 0 heterocycles. The zero-order valence-electron chi connectivity index (χ0n) is 40.6. The Morgan fingerprint density at radius 2 is 1.03 bits per heavy atom. The number of allylic oxidation sites excluding steroid dienone is 4. The van der Waals surface area contributed by atoms with Gasteiger partial charge in [0, 0.05) is 12.8 Å². The van der Waals surface area contributed by atoms with E-state index >= 15 is 0 Å². The summed E-state index contributed by atoms with van der Waals surface area (Å²) in [6.45, 7) is 3.93. The molecule has 382 valence electrons. The molecular weight excluding hydrogens is 874 g/mol. The maximum absolute atomic E-state index is 12.7. The van der Waals surface area contributed by atoms with Crippen molar-refractivity contribution in [2.75, 3.05) is 26.4 Å². The smallest absolute Gasteiger partial charge is 0.462 e. The molecule has 0 rings (SSSR count). The van der Waals surface area contributed by atoms with Crippen LogP contribution < -0.4 is 0 Å². The Kier molecular flexibility index (Phi) is 42.4. The molecule has 0 aromatic heterocycles. The molecule has 0 aromatic carbocycles. The first kappa shape index (κ1) is 63.3. The number of carbonyl (C=O) groups excluding carboxylic acids is 2. The first-order valence-electron chi connectivity index (χ1n) is 25.2. The van der Waals surface area contributed by atoms with Gasteiger partial charge in [0.15, 0.2) is 6.10 Å². The Labute approximate surface area is 393 Å². The first-order valence-corrected chi connectivity index (χ1v) is 28.2. The van der Waals surface area contributed by atoms with E-state index in [1.165, 1.54) is 103 Å². The number of aliphatic hydroxyl groups is 2. The summed E-state index contributed by atoms with van der Waals surface area (Å²) < 4.78 is 47.9. The third-order valence-corrected chi connectivity index (χ3v) is 12.6. The van der Waals surface area contributed by atoms with Crippen LogP contribution in [0.25, 0.3) is 0 Å². The Morgan fingerprint density at radius 3 is 1.55 bits per heavy atom. The standard InChI is InChI=1S/C49H92O14P2/c1-4-6-30-36-45(50)37-32-27-23-19-17-21-25-29-34-39-49(53)63-47(43-62-65(57,58)61-41-46(51)40-60-64(54,55)56)42-59-48(52)38-33-28-24-20-16-14-12-10-8-7-9-11-13-15-18-22-26-31-35-44(3)5-2/h6,23,27,30,32,37,44-47,50-51H,4-5,7-22,24-26,28-29,31,33-36,38-43H2,1-3H3,(H,57,58)(H2,54,55,56)/b27-23+,30-6+,37-32+/t44?,45?,46-,47+/m0/s1.